The minimum atomic E-state index is -0.261. The monoisotopic (exact) mass is 385 g/mol. The first-order valence-electron chi connectivity index (χ1n) is 9.34. The summed E-state index contributed by atoms with van der Waals surface area (Å²) < 4.78 is 16.6. The van der Waals surface area contributed by atoms with Crippen molar-refractivity contribution in [3.63, 3.8) is 0 Å². The summed E-state index contributed by atoms with van der Waals surface area (Å²) in [5, 5.41) is 3.15. The zero-order valence-electron chi connectivity index (χ0n) is 17.4. The van der Waals surface area contributed by atoms with E-state index in [2.05, 4.69) is 10.3 Å². The zero-order valence-corrected chi connectivity index (χ0v) is 17.4. The summed E-state index contributed by atoms with van der Waals surface area (Å²) in [5.41, 5.74) is 7.89. The molecular formula is C22H31N3O3. The van der Waals surface area contributed by atoms with Crippen molar-refractivity contribution in [2.45, 2.75) is 39.3 Å². The van der Waals surface area contributed by atoms with Crippen LogP contribution in [0.15, 0.2) is 47.5 Å². The molecule has 0 saturated heterocycles. The number of methoxy groups -OCH3 is 2. The normalized spacial score (nSPS) is 11.8. The Morgan fingerprint density at radius 2 is 1.71 bits per heavy atom. The summed E-state index contributed by atoms with van der Waals surface area (Å²) in [6.07, 6.45) is 0.792. The third-order valence-electron chi connectivity index (χ3n) is 3.98. The van der Waals surface area contributed by atoms with Gasteiger partial charge in [-0.05, 0) is 51.0 Å². The quantitative estimate of drug-likeness (QED) is 0.537. The molecule has 0 aliphatic carbocycles. The Morgan fingerprint density at radius 1 is 1.00 bits per heavy atom. The van der Waals surface area contributed by atoms with E-state index in [1.807, 2.05) is 63.2 Å². The number of nitrogens with zero attached hydrogens (tertiary/aromatic N) is 1. The molecule has 0 amide bonds. The summed E-state index contributed by atoms with van der Waals surface area (Å²) in [6, 6.07) is 13.8. The highest BCUT2D eigenvalue weighted by molar-refractivity contribution is 5.77. The van der Waals surface area contributed by atoms with Gasteiger partial charge in [-0.25, -0.2) is 4.99 Å². The van der Waals surface area contributed by atoms with Crippen LogP contribution in [0.4, 0.5) is 0 Å². The van der Waals surface area contributed by atoms with Crippen LogP contribution >= 0.6 is 0 Å². The predicted octanol–water partition coefficient (Wildman–Crippen LogP) is 3.53. The summed E-state index contributed by atoms with van der Waals surface area (Å²) in [7, 11) is 3.26. The SMILES string of the molecule is COc1ccc(CCNC(N)=NCc2ccccc2OC(C)(C)C)cc1OC. The molecule has 6 heteroatoms. The minimum Gasteiger partial charge on any atom is -0.493 e. The van der Waals surface area contributed by atoms with Crippen LogP contribution in [0.1, 0.15) is 31.9 Å². The molecule has 0 aromatic heterocycles. The van der Waals surface area contributed by atoms with E-state index in [9.17, 15) is 0 Å². The van der Waals surface area contributed by atoms with Crippen molar-refractivity contribution in [3.8, 4) is 17.2 Å². The molecule has 0 atom stereocenters. The number of nitrogens with one attached hydrogen (secondary N) is 1. The van der Waals surface area contributed by atoms with E-state index >= 15 is 0 Å². The van der Waals surface area contributed by atoms with Crippen LogP contribution < -0.4 is 25.3 Å². The number of hydrogen-bond acceptors (Lipinski definition) is 4. The molecule has 2 aromatic rings. The van der Waals surface area contributed by atoms with E-state index < -0.39 is 0 Å². The maximum Gasteiger partial charge on any atom is 0.188 e. The fourth-order valence-corrected chi connectivity index (χ4v) is 2.66. The molecule has 0 unspecified atom stereocenters. The molecule has 6 nitrogen and oxygen atoms in total. The minimum absolute atomic E-state index is 0.261. The lowest BCUT2D eigenvalue weighted by Crippen LogP contribution is -2.33. The van der Waals surface area contributed by atoms with Crippen LogP contribution in [0.25, 0.3) is 0 Å². The largest absolute Gasteiger partial charge is 0.493 e. The Labute approximate surface area is 167 Å². The number of ether oxygens (including phenoxy) is 3. The van der Waals surface area contributed by atoms with Crippen molar-refractivity contribution in [3.05, 3.63) is 53.6 Å². The first-order chi connectivity index (χ1) is 13.3. The summed E-state index contributed by atoms with van der Waals surface area (Å²) in [6.45, 7) is 7.21. The van der Waals surface area contributed by atoms with Gasteiger partial charge in [0.1, 0.15) is 11.4 Å². The van der Waals surface area contributed by atoms with Gasteiger partial charge in [0.15, 0.2) is 17.5 Å². The summed E-state index contributed by atoms with van der Waals surface area (Å²) in [4.78, 5) is 4.44. The Balaban J connectivity index is 1.90. The first-order valence-corrected chi connectivity index (χ1v) is 9.34. The van der Waals surface area contributed by atoms with E-state index in [4.69, 9.17) is 19.9 Å². The number of benzene rings is 2. The van der Waals surface area contributed by atoms with Gasteiger partial charge in [-0.1, -0.05) is 24.3 Å². The van der Waals surface area contributed by atoms with Gasteiger partial charge in [-0.3, -0.25) is 0 Å². The van der Waals surface area contributed by atoms with E-state index in [1.54, 1.807) is 14.2 Å². The smallest absolute Gasteiger partial charge is 0.188 e. The zero-order chi connectivity index (χ0) is 20.6. The second-order valence-electron chi connectivity index (χ2n) is 7.39. The van der Waals surface area contributed by atoms with Crippen LogP contribution in [0.2, 0.25) is 0 Å². The van der Waals surface area contributed by atoms with Gasteiger partial charge in [0.05, 0.1) is 20.8 Å². The van der Waals surface area contributed by atoms with E-state index in [1.165, 1.54) is 0 Å². The van der Waals surface area contributed by atoms with Crippen molar-refractivity contribution < 1.29 is 14.2 Å². The molecule has 2 aromatic carbocycles. The van der Waals surface area contributed by atoms with Crippen LogP contribution in [-0.4, -0.2) is 32.3 Å². The van der Waals surface area contributed by atoms with Crippen LogP contribution in [0.3, 0.4) is 0 Å². The van der Waals surface area contributed by atoms with Gasteiger partial charge in [0, 0.05) is 12.1 Å². The fraction of sp³-hybridized carbons (Fsp3) is 0.409. The standard InChI is InChI=1S/C22H31N3O3/c1-22(2,3)28-18-9-7-6-8-17(18)15-25-21(23)24-13-12-16-10-11-19(26-4)20(14-16)27-5/h6-11,14H,12-13,15H2,1-5H3,(H3,23,24,25). The molecule has 3 N–H and O–H groups in total. The van der Waals surface area contributed by atoms with Crippen molar-refractivity contribution in [1.82, 2.24) is 5.32 Å². The maximum atomic E-state index is 6.02. The van der Waals surface area contributed by atoms with Crippen LogP contribution in [-0.2, 0) is 13.0 Å². The van der Waals surface area contributed by atoms with Crippen molar-refractivity contribution >= 4 is 5.96 Å². The number of hydrogen-bond donors (Lipinski definition) is 2. The first kappa shape index (κ1) is 21.4. The van der Waals surface area contributed by atoms with Crippen molar-refractivity contribution in [2.24, 2.45) is 10.7 Å². The molecule has 2 rings (SSSR count). The molecule has 28 heavy (non-hydrogen) atoms. The molecule has 0 aliphatic heterocycles. The van der Waals surface area contributed by atoms with Crippen LogP contribution in [0.5, 0.6) is 17.2 Å². The fourth-order valence-electron chi connectivity index (χ4n) is 2.66. The van der Waals surface area contributed by atoms with Crippen molar-refractivity contribution in [2.75, 3.05) is 20.8 Å². The highest BCUT2D eigenvalue weighted by Crippen LogP contribution is 2.27. The van der Waals surface area contributed by atoms with E-state index in [0.29, 0.717) is 19.0 Å². The van der Waals surface area contributed by atoms with E-state index in [-0.39, 0.29) is 5.60 Å². The maximum absolute atomic E-state index is 6.02. The number of aliphatic imine (C=N–C) groups is 1. The number of rotatable bonds is 8. The summed E-state index contributed by atoms with van der Waals surface area (Å²) in [5.74, 6) is 2.68. The Morgan fingerprint density at radius 3 is 2.39 bits per heavy atom. The van der Waals surface area contributed by atoms with Gasteiger partial charge in [0.2, 0.25) is 0 Å². The average molecular weight is 386 g/mol. The molecule has 0 aliphatic rings. The Kier molecular flexibility index (Phi) is 7.55. The lowest BCUT2D eigenvalue weighted by atomic mass is 10.1. The Hall–Kier alpha value is -2.89. The second-order valence-corrected chi connectivity index (χ2v) is 7.39. The third kappa shape index (κ3) is 6.68. The topological polar surface area (TPSA) is 78.1 Å². The predicted molar refractivity (Wildman–Crippen MR) is 113 cm³/mol. The lowest BCUT2D eigenvalue weighted by molar-refractivity contribution is 0.129. The molecule has 0 bridgehead atoms. The molecular weight excluding hydrogens is 354 g/mol. The van der Waals surface area contributed by atoms with Crippen molar-refractivity contribution in [1.29, 1.82) is 0 Å². The summed E-state index contributed by atoms with van der Waals surface area (Å²) >= 11 is 0. The van der Waals surface area contributed by atoms with Crippen LogP contribution in [0, 0.1) is 0 Å². The van der Waals surface area contributed by atoms with E-state index in [0.717, 1.165) is 34.8 Å². The molecule has 152 valence electrons. The van der Waals surface area contributed by atoms with Gasteiger partial charge < -0.3 is 25.3 Å². The molecule has 0 fully saturated rings. The Bertz CT molecular complexity index is 798. The number of para-hydroxylation sites is 1. The van der Waals surface area contributed by atoms with Gasteiger partial charge in [-0.2, -0.15) is 0 Å². The molecule has 0 radical (unpaired) electrons. The molecule has 0 heterocycles. The third-order valence-corrected chi connectivity index (χ3v) is 3.98. The van der Waals surface area contributed by atoms with Gasteiger partial charge >= 0.3 is 0 Å². The average Bonchev–Trinajstić information content (AvgIpc) is 2.66. The van der Waals surface area contributed by atoms with Gasteiger partial charge in [0.25, 0.3) is 0 Å². The number of guanidine groups is 1. The van der Waals surface area contributed by atoms with Gasteiger partial charge in [-0.15, -0.1) is 0 Å². The highest BCUT2D eigenvalue weighted by Gasteiger charge is 2.14. The highest BCUT2D eigenvalue weighted by atomic mass is 16.5. The molecule has 0 saturated carbocycles. The molecule has 0 spiro atoms. The number of nitrogens with two attached hydrogens (primary N) is 1. The lowest BCUT2D eigenvalue weighted by Gasteiger charge is -2.23. The second kappa shape index (κ2) is 9.88.